The summed E-state index contributed by atoms with van der Waals surface area (Å²) in [4.78, 5) is 17.0. The predicted molar refractivity (Wildman–Crippen MR) is 86.2 cm³/mol. The van der Waals surface area contributed by atoms with Crippen LogP contribution < -0.4 is 0 Å². The van der Waals surface area contributed by atoms with E-state index in [-0.39, 0.29) is 11.9 Å². The van der Waals surface area contributed by atoms with Crippen LogP contribution in [0.2, 0.25) is 0 Å². The molecule has 2 aromatic heterocycles. The Bertz CT molecular complexity index is 653. The van der Waals surface area contributed by atoms with Gasteiger partial charge in [-0.05, 0) is 60.4 Å². The van der Waals surface area contributed by atoms with E-state index in [0.717, 1.165) is 13.0 Å². The molecule has 0 saturated heterocycles. The molecule has 0 aliphatic carbocycles. The molecule has 0 unspecified atom stereocenters. The first-order valence-corrected chi connectivity index (χ1v) is 8.52. The second-order valence-corrected chi connectivity index (χ2v) is 7.01. The lowest BCUT2D eigenvalue weighted by molar-refractivity contribution is -0.128. The smallest absolute Gasteiger partial charge is 0.247 e. The molecular formula is C16H17NOS2. The molecule has 0 bridgehead atoms. The van der Waals surface area contributed by atoms with Gasteiger partial charge in [-0.3, -0.25) is 4.79 Å². The van der Waals surface area contributed by atoms with Crippen LogP contribution in [0.4, 0.5) is 0 Å². The van der Waals surface area contributed by atoms with Gasteiger partial charge in [-0.15, -0.1) is 22.7 Å². The first-order chi connectivity index (χ1) is 9.66. The zero-order valence-corrected chi connectivity index (χ0v) is 13.3. The summed E-state index contributed by atoms with van der Waals surface area (Å²) >= 11 is 3.47. The Morgan fingerprint density at radius 1 is 1.35 bits per heavy atom. The molecule has 3 heterocycles. The number of fused-ring (bicyclic) bond motifs is 1. The molecule has 0 N–H and O–H groups in total. The number of amides is 1. The van der Waals surface area contributed by atoms with Gasteiger partial charge in [0.05, 0.1) is 6.04 Å². The van der Waals surface area contributed by atoms with Gasteiger partial charge in [0.2, 0.25) is 5.91 Å². The molecule has 1 atom stereocenters. The maximum Gasteiger partial charge on any atom is 0.247 e. The van der Waals surface area contributed by atoms with E-state index >= 15 is 0 Å². The first-order valence-electron chi connectivity index (χ1n) is 6.76. The number of thiophene rings is 2. The van der Waals surface area contributed by atoms with Crippen molar-refractivity contribution in [3.8, 4) is 0 Å². The molecule has 3 rings (SSSR count). The van der Waals surface area contributed by atoms with Crippen molar-refractivity contribution < 1.29 is 4.79 Å². The van der Waals surface area contributed by atoms with Crippen molar-refractivity contribution in [3.63, 3.8) is 0 Å². The lowest BCUT2D eigenvalue weighted by Gasteiger charge is -2.32. The molecule has 2 nitrogen and oxygen atoms in total. The van der Waals surface area contributed by atoms with Crippen LogP contribution in [0, 0.1) is 6.92 Å². The molecule has 0 saturated carbocycles. The van der Waals surface area contributed by atoms with Crippen LogP contribution in [-0.2, 0) is 11.2 Å². The second-order valence-electron chi connectivity index (χ2n) is 5.06. The van der Waals surface area contributed by atoms with Gasteiger partial charge in [0.15, 0.2) is 0 Å². The van der Waals surface area contributed by atoms with Crippen molar-refractivity contribution in [2.45, 2.75) is 26.3 Å². The molecule has 0 radical (unpaired) electrons. The Morgan fingerprint density at radius 2 is 2.15 bits per heavy atom. The summed E-state index contributed by atoms with van der Waals surface area (Å²) in [5.74, 6) is 0.113. The van der Waals surface area contributed by atoms with Crippen molar-refractivity contribution in [2.24, 2.45) is 0 Å². The van der Waals surface area contributed by atoms with Gasteiger partial charge in [0, 0.05) is 22.4 Å². The number of nitrogens with zero attached hydrogens (tertiary/aromatic N) is 1. The first kappa shape index (κ1) is 13.6. The third-order valence-electron chi connectivity index (χ3n) is 3.84. The molecule has 1 aliphatic rings. The average Bonchev–Trinajstić information content (AvgIpc) is 3.05. The van der Waals surface area contributed by atoms with Gasteiger partial charge in [-0.1, -0.05) is 0 Å². The van der Waals surface area contributed by atoms with Crippen molar-refractivity contribution in [1.29, 1.82) is 0 Å². The number of aryl methyl sites for hydroxylation is 1. The van der Waals surface area contributed by atoms with Gasteiger partial charge in [-0.2, -0.15) is 0 Å². The topological polar surface area (TPSA) is 20.3 Å². The summed E-state index contributed by atoms with van der Waals surface area (Å²) < 4.78 is 0. The number of hydrogen-bond acceptors (Lipinski definition) is 3. The zero-order chi connectivity index (χ0) is 14.1. The Hall–Kier alpha value is -1.39. The van der Waals surface area contributed by atoms with E-state index in [4.69, 9.17) is 0 Å². The van der Waals surface area contributed by atoms with Gasteiger partial charge >= 0.3 is 0 Å². The van der Waals surface area contributed by atoms with Gasteiger partial charge in [0.1, 0.15) is 0 Å². The minimum Gasteiger partial charge on any atom is -0.332 e. The van der Waals surface area contributed by atoms with Gasteiger partial charge in [-0.25, -0.2) is 0 Å². The Kier molecular flexibility index (Phi) is 3.76. The molecule has 0 aromatic carbocycles. The molecule has 0 spiro atoms. The highest BCUT2D eigenvalue weighted by Gasteiger charge is 2.26. The molecule has 1 aliphatic heterocycles. The molecule has 20 heavy (non-hydrogen) atoms. The van der Waals surface area contributed by atoms with Crippen LogP contribution in [0.1, 0.15) is 33.8 Å². The van der Waals surface area contributed by atoms with E-state index in [0.29, 0.717) is 0 Å². The molecule has 0 fully saturated rings. The van der Waals surface area contributed by atoms with Crippen molar-refractivity contribution in [1.82, 2.24) is 4.90 Å². The molecule has 2 aromatic rings. The lowest BCUT2D eigenvalue weighted by Crippen LogP contribution is -2.37. The van der Waals surface area contributed by atoms with E-state index in [1.165, 1.54) is 20.9 Å². The fourth-order valence-corrected chi connectivity index (χ4v) is 4.39. The fourth-order valence-electron chi connectivity index (χ4n) is 2.61. The van der Waals surface area contributed by atoms with Crippen LogP contribution >= 0.6 is 22.7 Å². The van der Waals surface area contributed by atoms with E-state index in [9.17, 15) is 4.79 Å². The second kappa shape index (κ2) is 5.54. The minimum atomic E-state index is 0.113. The van der Waals surface area contributed by atoms with E-state index < -0.39 is 0 Å². The van der Waals surface area contributed by atoms with Crippen molar-refractivity contribution in [3.05, 3.63) is 49.9 Å². The highest BCUT2D eigenvalue weighted by atomic mass is 32.1. The average molecular weight is 303 g/mol. The number of hydrogen-bond donors (Lipinski definition) is 0. The molecule has 104 valence electrons. The van der Waals surface area contributed by atoms with Crippen LogP contribution in [0.5, 0.6) is 0 Å². The third-order valence-corrected chi connectivity index (χ3v) is 5.82. The predicted octanol–water partition coefficient (Wildman–Crippen LogP) is 4.28. The van der Waals surface area contributed by atoms with Gasteiger partial charge in [0.25, 0.3) is 0 Å². The maximum atomic E-state index is 12.4. The quantitative estimate of drug-likeness (QED) is 0.758. The summed E-state index contributed by atoms with van der Waals surface area (Å²) in [6.45, 7) is 5.01. The van der Waals surface area contributed by atoms with Crippen molar-refractivity contribution >= 4 is 34.7 Å². The van der Waals surface area contributed by atoms with Crippen LogP contribution in [-0.4, -0.2) is 17.4 Å². The Balaban J connectivity index is 1.76. The Morgan fingerprint density at radius 3 is 2.90 bits per heavy atom. The summed E-state index contributed by atoms with van der Waals surface area (Å²) in [5, 5.41) is 4.18. The fraction of sp³-hybridized carbons (Fsp3) is 0.312. The molecule has 1 amide bonds. The molecular weight excluding hydrogens is 286 g/mol. The zero-order valence-electron chi connectivity index (χ0n) is 11.6. The lowest BCUT2D eigenvalue weighted by atomic mass is 10.0. The largest absolute Gasteiger partial charge is 0.332 e. The standard InChI is InChI=1S/C16H17NOS2/c1-11-6-9-19-14(11)3-4-16(18)17-8-5-15-13(12(17)2)7-10-20-15/h3-4,6-7,9-10,12H,5,8H2,1-2H3/b4-3+/t12-/m0/s1. The molecule has 4 heteroatoms. The number of carbonyl (C=O) groups excluding carboxylic acids is 1. The number of rotatable bonds is 2. The highest BCUT2D eigenvalue weighted by Crippen LogP contribution is 2.33. The van der Waals surface area contributed by atoms with Crippen LogP contribution in [0.15, 0.2) is 29.0 Å². The summed E-state index contributed by atoms with van der Waals surface area (Å²) in [7, 11) is 0. The SMILES string of the molecule is Cc1ccsc1/C=C/C(=O)N1CCc2sccc2[C@@H]1C. The van der Waals surface area contributed by atoms with Gasteiger partial charge < -0.3 is 4.90 Å². The van der Waals surface area contributed by atoms with E-state index in [1.807, 2.05) is 11.0 Å². The highest BCUT2D eigenvalue weighted by molar-refractivity contribution is 7.11. The Labute approximate surface area is 127 Å². The monoisotopic (exact) mass is 303 g/mol. The number of carbonyl (C=O) groups is 1. The summed E-state index contributed by atoms with van der Waals surface area (Å²) in [6, 6.07) is 4.42. The van der Waals surface area contributed by atoms with E-state index in [1.54, 1.807) is 28.7 Å². The van der Waals surface area contributed by atoms with E-state index in [2.05, 4.69) is 36.7 Å². The third kappa shape index (κ3) is 2.45. The minimum absolute atomic E-state index is 0.113. The summed E-state index contributed by atoms with van der Waals surface area (Å²) in [5.41, 5.74) is 2.54. The van der Waals surface area contributed by atoms with Crippen LogP contribution in [0.3, 0.4) is 0 Å². The normalized spacial score (nSPS) is 18.5. The summed E-state index contributed by atoms with van der Waals surface area (Å²) in [6.07, 6.45) is 4.64. The maximum absolute atomic E-state index is 12.4. The van der Waals surface area contributed by atoms with Crippen LogP contribution in [0.25, 0.3) is 6.08 Å². The van der Waals surface area contributed by atoms with Crippen molar-refractivity contribution in [2.75, 3.05) is 6.54 Å².